The molecule has 1 aromatic carbocycles. The highest BCUT2D eigenvalue weighted by Gasteiger charge is 1.98. The van der Waals surface area contributed by atoms with E-state index in [1.807, 2.05) is 6.92 Å². The van der Waals surface area contributed by atoms with E-state index in [4.69, 9.17) is 16.7 Å². The summed E-state index contributed by atoms with van der Waals surface area (Å²) in [5.74, 6) is -0.364. The molecule has 0 heterocycles. The first-order chi connectivity index (χ1) is 6.65. The molecule has 0 unspecified atom stereocenters. The van der Waals surface area contributed by atoms with Gasteiger partial charge in [-0.3, -0.25) is 0 Å². The summed E-state index contributed by atoms with van der Waals surface area (Å²) in [5.41, 5.74) is 1.53. The van der Waals surface area contributed by atoms with Crippen molar-refractivity contribution in [1.29, 1.82) is 0 Å². The molecule has 0 bridgehead atoms. The Balaban J connectivity index is 3.01. The lowest BCUT2D eigenvalue weighted by Gasteiger charge is -2.01. The number of hydrogen-bond acceptors (Lipinski definition) is 1. The van der Waals surface area contributed by atoms with Crippen molar-refractivity contribution in [3.8, 4) is 0 Å². The van der Waals surface area contributed by atoms with Crippen LogP contribution in [0.3, 0.4) is 0 Å². The van der Waals surface area contributed by atoms with Gasteiger partial charge in [-0.1, -0.05) is 24.6 Å². The van der Waals surface area contributed by atoms with E-state index >= 15 is 0 Å². The average Bonchev–Trinajstić information content (AvgIpc) is 2.12. The molecule has 0 saturated carbocycles. The van der Waals surface area contributed by atoms with Gasteiger partial charge in [0.1, 0.15) is 5.82 Å². The Hall–Kier alpha value is -0.860. The minimum Gasteiger partial charge on any atom is -0.392 e. The highest BCUT2D eigenvalue weighted by Crippen LogP contribution is 2.17. The van der Waals surface area contributed by atoms with Gasteiger partial charge in [-0.15, -0.1) is 0 Å². The minimum absolute atomic E-state index is 0.00929. The van der Waals surface area contributed by atoms with Gasteiger partial charge >= 0.3 is 0 Å². The third kappa shape index (κ3) is 3.13. The molecule has 0 atom stereocenters. The van der Waals surface area contributed by atoms with Crippen LogP contribution in [0, 0.1) is 5.82 Å². The van der Waals surface area contributed by atoms with Crippen molar-refractivity contribution >= 4 is 17.7 Å². The van der Waals surface area contributed by atoms with Gasteiger partial charge in [-0.2, -0.15) is 0 Å². The summed E-state index contributed by atoms with van der Waals surface area (Å²) in [6, 6.07) is 4.30. The van der Waals surface area contributed by atoms with Crippen LogP contribution in [-0.2, 0) is 0 Å². The van der Waals surface area contributed by atoms with Crippen LogP contribution >= 0.6 is 11.6 Å². The van der Waals surface area contributed by atoms with Gasteiger partial charge in [0.25, 0.3) is 0 Å². The molecule has 0 spiro atoms. The highest BCUT2D eigenvalue weighted by molar-refractivity contribution is 6.30. The van der Waals surface area contributed by atoms with Crippen molar-refractivity contribution in [3.05, 3.63) is 40.2 Å². The molecule has 0 amide bonds. The maximum atomic E-state index is 12.9. The molecule has 1 N–H and O–H groups in total. The molecule has 0 radical (unpaired) electrons. The summed E-state index contributed by atoms with van der Waals surface area (Å²) in [7, 11) is 0. The maximum absolute atomic E-state index is 12.9. The molecule has 3 heteroatoms. The average molecular weight is 215 g/mol. The van der Waals surface area contributed by atoms with Crippen LogP contribution in [0.25, 0.3) is 6.08 Å². The van der Waals surface area contributed by atoms with Gasteiger partial charge in [0.15, 0.2) is 0 Å². The monoisotopic (exact) mass is 214 g/mol. The smallest absolute Gasteiger partial charge is 0.125 e. The lowest BCUT2D eigenvalue weighted by Crippen LogP contribution is -1.88. The minimum atomic E-state index is -0.364. The standard InChI is InChI=1S/C11H12ClFO/c1-2-8(7-14)3-9-4-10(12)6-11(13)5-9/h3-6,14H,2,7H2,1H3/b8-3-. The maximum Gasteiger partial charge on any atom is 0.125 e. The van der Waals surface area contributed by atoms with Crippen LogP contribution in [0.15, 0.2) is 23.8 Å². The third-order valence-corrected chi connectivity index (χ3v) is 2.13. The van der Waals surface area contributed by atoms with E-state index in [9.17, 15) is 4.39 Å². The summed E-state index contributed by atoms with van der Waals surface area (Å²) >= 11 is 5.69. The fourth-order valence-electron chi connectivity index (χ4n) is 1.15. The van der Waals surface area contributed by atoms with Gasteiger partial charge in [-0.25, -0.2) is 4.39 Å². The number of hydrogen-bond donors (Lipinski definition) is 1. The van der Waals surface area contributed by atoms with E-state index in [1.165, 1.54) is 12.1 Å². The van der Waals surface area contributed by atoms with Crippen LogP contribution in [0.1, 0.15) is 18.9 Å². The zero-order valence-electron chi connectivity index (χ0n) is 7.93. The van der Waals surface area contributed by atoms with Crippen LogP contribution in [0.5, 0.6) is 0 Å². The predicted molar refractivity (Wildman–Crippen MR) is 56.8 cm³/mol. The number of aliphatic hydroxyl groups excluding tert-OH is 1. The Kier molecular flexibility index (Phi) is 4.11. The normalized spacial score (nSPS) is 11.9. The van der Waals surface area contributed by atoms with Crippen molar-refractivity contribution < 1.29 is 9.50 Å². The van der Waals surface area contributed by atoms with E-state index < -0.39 is 0 Å². The van der Waals surface area contributed by atoms with Crippen molar-refractivity contribution in [2.45, 2.75) is 13.3 Å². The summed E-state index contributed by atoms with van der Waals surface area (Å²) in [6.07, 6.45) is 2.49. The molecule has 14 heavy (non-hydrogen) atoms. The summed E-state index contributed by atoms with van der Waals surface area (Å²) in [6.45, 7) is 1.92. The molecule has 1 aromatic rings. The Labute approximate surface area is 87.8 Å². The second kappa shape index (κ2) is 5.13. The lowest BCUT2D eigenvalue weighted by atomic mass is 10.1. The molecule has 0 aliphatic rings. The van der Waals surface area contributed by atoms with Crippen molar-refractivity contribution in [1.82, 2.24) is 0 Å². The molecule has 0 aliphatic heterocycles. The number of rotatable bonds is 3. The summed E-state index contributed by atoms with van der Waals surface area (Å²) in [5, 5.41) is 9.30. The van der Waals surface area contributed by atoms with Crippen molar-refractivity contribution in [2.24, 2.45) is 0 Å². The summed E-state index contributed by atoms with van der Waals surface area (Å²) < 4.78 is 12.9. The van der Waals surface area contributed by atoms with E-state index in [0.717, 1.165) is 12.0 Å². The fraction of sp³-hybridized carbons (Fsp3) is 0.273. The van der Waals surface area contributed by atoms with Gasteiger partial charge in [0, 0.05) is 5.02 Å². The first-order valence-electron chi connectivity index (χ1n) is 4.42. The van der Waals surface area contributed by atoms with Crippen molar-refractivity contribution in [3.63, 3.8) is 0 Å². The first-order valence-corrected chi connectivity index (χ1v) is 4.80. The zero-order chi connectivity index (χ0) is 10.6. The highest BCUT2D eigenvalue weighted by atomic mass is 35.5. The van der Waals surface area contributed by atoms with Crippen LogP contribution in [0.4, 0.5) is 4.39 Å². The SMILES string of the molecule is CC/C(=C/c1cc(F)cc(Cl)c1)CO. The van der Waals surface area contributed by atoms with Crippen molar-refractivity contribution in [2.75, 3.05) is 6.61 Å². The lowest BCUT2D eigenvalue weighted by molar-refractivity contribution is 0.329. The molecule has 1 rings (SSSR count). The second-order valence-electron chi connectivity index (χ2n) is 3.02. The predicted octanol–water partition coefficient (Wildman–Crippen LogP) is 3.26. The third-order valence-electron chi connectivity index (χ3n) is 1.91. The van der Waals surface area contributed by atoms with E-state index in [0.29, 0.717) is 10.6 Å². The van der Waals surface area contributed by atoms with Crippen LogP contribution < -0.4 is 0 Å². The number of aliphatic hydroxyl groups is 1. The Bertz CT molecular complexity index is 321. The Morgan fingerprint density at radius 1 is 1.50 bits per heavy atom. The molecule has 0 fully saturated rings. The second-order valence-corrected chi connectivity index (χ2v) is 3.45. The van der Waals surface area contributed by atoms with Crippen LogP contribution in [-0.4, -0.2) is 11.7 Å². The van der Waals surface area contributed by atoms with Gasteiger partial charge < -0.3 is 5.11 Å². The molecule has 0 aliphatic carbocycles. The summed E-state index contributed by atoms with van der Waals surface area (Å²) in [4.78, 5) is 0. The zero-order valence-corrected chi connectivity index (χ0v) is 8.68. The molecule has 76 valence electrons. The number of benzene rings is 1. The molecular weight excluding hydrogens is 203 g/mol. The largest absolute Gasteiger partial charge is 0.392 e. The quantitative estimate of drug-likeness (QED) is 0.819. The fourth-order valence-corrected chi connectivity index (χ4v) is 1.38. The van der Waals surface area contributed by atoms with Gasteiger partial charge in [-0.05, 0) is 35.8 Å². The Morgan fingerprint density at radius 3 is 2.71 bits per heavy atom. The van der Waals surface area contributed by atoms with E-state index in [-0.39, 0.29) is 12.4 Å². The Morgan fingerprint density at radius 2 is 2.21 bits per heavy atom. The van der Waals surface area contributed by atoms with E-state index in [2.05, 4.69) is 0 Å². The molecule has 0 saturated heterocycles. The van der Waals surface area contributed by atoms with Gasteiger partial charge in [0.05, 0.1) is 6.61 Å². The van der Waals surface area contributed by atoms with Gasteiger partial charge in [0.2, 0.25) is 0 Å². The molecule has 1 nitrogen and oxygen atoms in total. The topological polar surface area (TPSA) is 20.2 Å². The van der Waals surface area contributed by atoms with Crippen LogP contribution in [0.2, 0.25) is 5.02 Å². The van der Waals surface area contributed by atoms with E-state index in [1.54, 1.807) is 12.1 Å². The first kappa shape index (κ1) is 11.2. The molecule has 0 aromatic heterocycles. The molecular formula is C11H12ClFO. The number of halogens is 2.